The van der Waals surface area contributed by atoms with E-state index in [2.05, 4.69) is 20.7 Å². The van der Waals surface area contributed by atoms with E-state index in [0.29, 0.717) is 5.56 Å². The molecule has 0 unspecified atom stereocenters. The van der Waals surface area contributed by atoms with Crippen LogP contribution in [0.3, 0.4) is 0 Å². The van der Waals surface area contributed by atoms with Gasteiger partial charge in [0.2, 0.25) is 0 Å². The van der Waals surface area contributed by atoms with Gasteiger partial charge >= 0.3 is 5.97 Å². The van der Waals surface area contributed by atoms with Gasteiger partial charge in [-0.3, -0.25) is 4.79 Å². The highest BCUT2D eigenvalue weighted by Gasteiger charge is 2.16. The Morgan fingerprint density at radius 1 is 1.44 bits per heavy atom. The second kappa shape index (κ2) is 4.97. The average Bonchev–Trinajstić information content (AvgIpc) is 2.15. The number of carbonyl (C=O) groups is 1. The number of ether oxygens (including phenoxy) is 1. The number of methoxy groups -OCH3 is 1. The van der Waals surface area contributed by atoms with Crippen molar-refractivity contribution in [3.05, 3.63) is 28.2 Å². The molecule has 0 aromatic heterocycles. The number of rotatable bonds is 3. The summed E-state index contributed by atoms with van der Waals surface area (Å²) < 4.78 is 28.2. The van der Waals surface area contributed by atoms with Gasteiger partial charge in [0.05, 0.1) is 18.4 Å². The third-order valence-electron chi connectivity index (χ3n) is 1.98. The summed E-state index contributed by atoms with van der Waals surface area (Å²) in [5.74, 6) is -0.469. The summed E-state index contributed by atoms with van der Waals surface area (Å²) in [7, 11) is -2.07. The van der Waals surface area contributed by atoms with Gasteiger partial charge in [-0.25, -0.2) is 8.42 Å². The molecule has 0 saturated carbocycles. The second-order valence-corrected chi connectivity index (χ2v) is 6.18. The van der Waals surface area contributed by atoms with Crippen molar-refractivity contribution in [3.63, 3.8) is 0 Å². The maximum atomic E-state index is 11.5. The van der Waals surface area contributed by atoms with E-state index in [1.54, 1.807) is 12.1 Å². The van der Waals surface area contributed by atoms with Crippen molar-refractivity contribution in [1.29, 1.82) is 0 Å². The molecule has 0 saturated heterocycles. The monoisotopic (exact) mass is 306 g/mol. The minimum absolute atomic E-state index is 0.0572. The molecule has 0 aliphatic rings. The number of sulfone groups is 1. The maximum Gasteiger partial charge on any atom is 0.310 e. The number of esters is 1. The molecule has 6 heteroatoms. The minimum atomic E-state index is -3.33. The lowest BCUT2D eigenvalue weighted by atomic mass is 10.1. The summed E-state index contributed by atoms with van der Waals surface area (Å²) in [6.45, 7) is 0. The number of halogens is 1. The molecule has 0 radical (unpaired) electrons. The van der Waals surface area contributed by atoms with Gasteiger partial charge in [-0.1, -0.05) is 15.9 Å². The van der Waals surface area contributed by atoms with Crippen LogP contribution >= 0.6 is 15.9 Å². The van der Waals surface area contributed by atoms with Crippen LogP contribution in [0.25, 0.3) is 0 Å². The first-order valence-corrected chi connectivity index (χ1v) is 7.08. The molecular weight excluding hydrogens is 296 g/mol. The van der Waals surface area contributed by atoms with Crippen molar-refractivity contribution in [2.45, 2.75) is 11.3 Å². The average molecular weight is 307 g/mol. The van der Waals surface area contributed by atoms with Gasteiger partial charge in [-0.05, 0) is 23.8 Å². The Morgan fingerprint density at radius 2 is 2.06 bits per heavy atom. The summed E-state index contributed by atoms with van der Waals surface area (Å²) in [6.07, 6.45) is 1.05. The highest BCUT2D eigenvalue weighted by atomic mass is 79.9. The Morgan fingerprint density at radius 3 is 2.56 bits per heavy atom. The fourth-order valence-electron chi connectivity index (χ4n) is 1.28. The summed E-state index contributed by atoms with van der Waals surface area (Å²) in [5, 5.41) is 0. The third kappa shape index (κ3) is 3.31. The van der Waals surface area contributed by atoms with Crippen molar-refractivity contribution in [1.82, 2.24) is 0 Å². The molecule has 0 N–H and O–H groups in total. The quantitative estimate of drug-likeness (QED) is 0.795. The van der Waals surface area contributed by atoms with Gasteiger partial charge in [0.1, 0.15) is 0 Å². The Kier molecular flexibility index (Phi) is 4.09. The predicted molar refractivity (Wildman–Crippen MR) is 63.0 cm³/mol. The highest BCUT2D eigenvalue weighted by Crippen LogP contribution is 2.21. The zero-order chi connectivity index (χ0) is 12.3. The summed E-state index contributed by atoms with van der Waals surface area (Å²) in [4.78, 5) is 11.3. The molecule has 0 aliphatic heterocycles. The van der Waals surface area contributed by atoms with Crippen LogP contribution in [0.4, 0.5) is 0 Å². The summed E-state index contributed by atoms with van der Waals surface area (Å²) in [5.41, 5.74) is 0.434. The van der Waals surface area contributed by atoms with Crippen LogP contribution in [-0.4, -0.2) is 27.8 Å². The molecule has 4 nitrogen and oxygen atoms in total. The number of hydrogen-bond acceptors (Lipinski definition) is 4. The zero-order valence-electron chi connectivity index (χ0n) is 8.86. The molecule has 0 aliphatic carbocycles. The van der Waals surface area contributed by atoms with Crippen molar-refractivity contribution in [2.24, 2.45) is 0 Å². The van der Waals surface area contributed by atoms with Crippen LogP contribution in [0, 0.1) is 0 Å². The third-order valence-corrected chi connectivity index (χ3v) is 3.67. The van der Waals surface area contributed by atoms with Gasteiger partial charge in [-0.15, -0.1) is 0 Å². The van der Waals surface area contributed by atoms with E-state index in [9.17, 15) is 13.2 Å². The molecule has 1 aromatic carbocycles. The van der Waals surface area contributed by atoms with E-state index in [0.717, 1.165) is 10.7 Å². The standard InChI is InChI=1S/C10H11BrO4S/c1-15-10(12)6-7-5-8(11)3-4-9(7)16(2,13)14/h3-5H,6H2,1-2H3. The lowest BCUT2D eigenvalue weighted by molar-refractivity contribution is -0.139. The second-order valence-electron chi connectivity index (χ2n) is 3.28. The zero-order valence-corrected chi connectivity index (χ0v) is 11.3. The molecule has 16 heavy (non-hydrogen) atoms. The molecule has 0 heterocycles. The topological polar surface area (TPSA) is 60.4 Å². The van der Waals surface area contributed by atoms with E-state index in [-0.39, 0.29) is 11.3 Å². The molecule has 0 spiro atoms. The Balaban J connectivity index is 3.24. The predicted octanol–water partition coefficient (Wildman–Crippen LogP) is 1.57. The first-order chi connectivity index (χ1) is 7.34. The minimum Gasteiger partial charge on any atom is -0.469 e. The van der Waals surface area contributed by atoms with Crippen molar-refractivity contribution < 1.29 is 17.9 Å². The fourth-order valence-corrected chi connectivity index (χ4v) is 2.61. The molecule has 0 bridgehead atoms. The first-order valence-electron chi connectivity index (χ1n) is 4.40. The van der Waals surface area contributed by atoms with E-state index in [4.69, 9.17) is 0 Å². The lowest BCUT2D eigenvalue weighted by Crippen LogP contribution is -2.09. The maximum absolute atomic E-state index is 11.5. The number of hydrogen-bond donors (Lipinski definition) is 0. The molecule has 0 atom stereocenters. The van der Waals surface area contributed by atoms with Crippen molar-refractivity contribution in [3.8, 4) is 0 Å². The van der Waals surface area contributed by atoms with Gasteiger partial charge in [-0.2, -0.15) is 0 Å². The van der Waals surface area contributed by atoms with Crippen LogP contribution in [0.15, 0.2) is 27.6 Å². The number of benzene rings is 1. The highest BCUT2D eigenvalue weighted by molar-refractivity contribution is 9.10. The van der Waals surface area contributed by atoms with Crippen LogP contribution in [-0.2, 0) is 25.8 Å². The fraction of sp³-hybridized carbons (Fsp3) is 0.300. The smallest absolute Gasteiger partial charge is 0.310 e. The normalized spacial score (nSPS) is 11.2. The molecule has 1 rings (SSSR count). The Hall–Kier alpha value is -0.880. The Labute approximate surface area is 103 Å². The van der Waals surface area contributed by atoms with Gasteiger partial charge in [0.25, 0.3) is 0 Å². The summed E-state index contributed by atoms with van der Waals surface area (Å²) in [6, 6.07) is 4.70. The Bertz CT molecular complexity index is 508. The molecule has 0 amide bonds. The van der Waals surface area contributed by atoms with Crippen molar-refractivity contribution >= 4 is 31.7 Å². The van der Waals surface area contributed by atoms with Crippen LogP contribution < -0.4 is 0 Å². The van der Waals surface area contributed by atoms with Gasteiger partial charge in [0.15, 0.2) is 9.84 Å². The molecule has 1 aromatic rings. The van der Waals surface area contributed by atoms with Gasteiger partial charge < -0.3 is 4.74 Å². The van der Waals surface area contributed by atoms with Crippen LogP contribution in [0.5, 0.6) is 0 Å². The first kappa shape index (κ1) is 13.2. The molecular formula is C10H11BrO4S. The van der Waals surface area contributed by atoms with E-state index < -0.39 is 15.8 Å². The van der Waals surface area contributed by atoms with Crippen molar-refractivity contribution in [2.75, 3.05) is 13.4 Å². The van der Waals surface area contributed by atoms with E-state index in [1.165, 1.54) is 13.2 Å². The van der Waals surface area contributed by atoms with Crippen LogP contribution in [0.1, 0.15) is 5.56 Å². The SMILES string of the molecule is COC(=O)Cc1cc(Br)ccc1S(C)(=O)=O. The van der Waals surface area contributed by atoms with Crippen LogP contribution in [0.2, 0.25) is 0 Å². The summed E-state index contributed by atoms with van der Waals surface area (Å²) >= 11 is 3.23. The van der Waals surface area contributed by atoms with E-state index in [1.807, 2.05) is 0 Å². The van der Waals surface area contributed by atoms with E-state index >= 15 is 0 Å². The van der Waals surface area contributed by atoms with Gasteiger partial charge in [0, 0.05) is 10.7 Å². The number of carbonyl (C=O) groups excluding carboxylic acids is 1. The lowest BCUT2D eigenvalue weighted by Gasteiger charge is -2.07. The molecule has 0 fully saturated rings. The largest absolute Gasteiger partial charge is 0.469 e. The molecule has 88 valence electrons.